The van der Waals surface area contributed by atoms with Crippen LogP contribution in [0.3, 0.4) is 0 Å². The number of hydrogen-bond acceptors (Lipinski definition) is 4. The second kappa shape index (κ2) is 3.98. The van der Waals surface area contributed by atoms with E-state index in [1.54, 1.807) is 10.7 Å². The van der Waals surface area contributed by atoms with Crippen molar-refractivity contribution in [3.8, 4) is 22.6 Å². The molecule has 94 valence electrons. The Morgan fingerprint density at radius 3 is 2.95 bits per heavy atom. The molecule has 0 atom stereocenters. The van der Waals surface area contributed by atoms with Gasteiger partial charge in [0.05, 0.1) is 6.20 Å². The van der Waals surface area contributed by atoms with E-state index in [-0.39, 0.29) is 0 Å². The van der Waals surface area contributed by atoms with Gasteiger partial charge in [-0.1, -0.05) is 6.07 Å². The van der Waals surface area contributed by atoms with E-state index in [0.717, 1.165) is 28.3 Å². The molecule has 19 heavy (non-hydrogen) atoms. The summed E-state index contributed by atoms with van der Waals surface area (Å²) in [7, 11) is 0. The van der Waals surface area contributed by atoms with Gasteiger partial charge in [-0.3, -0.25) is 0 Å². The van der Waals surface area contributed by atoms with Gasteiger partial charge in [-0.15, -0.1) is 0 Å². The topological polar surface area (TPSA) is 48.7 Å². The van der Waals surface area contributed by atoms with E-state index < -0.39 is 0 Å². The molecule has 0 saturated carbocycles. The Balaban J connectivity index is 1.88. The molecule has 2 aromatic heterocycles. The Kier molecular flexibility index (Phi) is 2.17. The SMILES string of the molecule is c1cnc2c(-c3ccc4c(c3)OCCO4)cnn2c1. The Morgan fingerprint density at radius 2 is 2.00 bits per heavy atom. The molecule has 5 heteroatoms. The summed E-state index contributed by atoms with van der Waals surface area (Å²) in [6, 6.07) is 7.75. The van der Waals surface area contributed by atoms with Crippen LogP contribution in [0.2, 0.25) is 0 Å². The molecule has 0 spiro atoms. The smallest absolute Gasteiger partial charge is 0.162 e. The van der Waals surface area contributed by atoms with E-state index in [1.165, 1.54) is 0 Å². The molecule has 1 aliphatic rings. The van der Waals surface area contributed by atoms with E-state index in [2.05, 4.69) is 10.1 Å². The third-order valence-corrected chi connectivity index (χ3v) is 3.13. The summed E-state index contributed by atoms with van der Waals surface area (Å²) in [5, 5.41) is 4.29. The van der Waals surface area contributed by atoms with Gasteiger partial charge in [-0.2, -0.15) is 5.10 Å². The van der Waals surface area contributed by atoms with Crippen LogP contribution in [0.1, 0.15) is 0 Å². The first-order valence-corrected chi connectivity index (χ1v) is 6.10. The summed E-state index contributed by atoms with van der Waals surface area (Å²) in [6.45, 7) is 1.19. The van der Waals surface area contributed by atoms with Crippen LogP contribution in [-0.2, 0) is 0 Å². The van der Waals surface area contributed by atoms with E-state index >= 15 is 0 Å². The molecular weight excluding hydrogens is 242 g/mol. The van der Waals surface area contributed by atoms with Crippen molar-refractivity contribution in [2.75, 3.05) is 13.2 Å². The lowest BCUT2D eigenvalue weighted by molar-refractivity contribution is 0.171. The largest absolute Gasteiger partial charge is 0.486 e. The van der Waals surface area contributed by atoms with Gasteiger partial charge in [-0.25, -0.2) is 9.50 Å². The highest BCUT2D eigenvalue weighted by Gasteiger charge is 2.14. The number of nitrogens with zero attached hydrogens (tertiary/aromatic N) is 3. The zero-order chi connectivity index (χ0) is 12.7. The Morgan fingerprint density at radius 1 is 1.11 bits per heavy atom. The lowest BCUT2D eigenvalue weighted by atomic mass is 10.1. The van der Waals surface area contributed by atoms with Crippen LogP contribution < -0.4 is 9.47 Å². The van der Waals surface area contributed by atoms with E-state index in [4.69, 9.17) is 9.47 Å². The van der Waals surface area contributed by atoms with Crippen molar-refractivity contribution in [3.05, 3.63) is 42.9 Å². The van der Waals surface area contributed by atoms with E-state index in [1.807, 2.05) is 36.7 Å². The van der Waals surface area contributed by atoms with Crippen LogP contribution in [0.5, 0.6) is 11.5 Å². The third kappa shape index (κ3) is 1.62. The molecule has 0 saturated heterocycles. The van der Waals surface area contributed by atoms with Gasteiger partial charge in [-0.05, 0) is 23.8 Å². The minimum absolute atomic E-state index is 0.587. The maximum Gasteiger partial charge on any atom is 0.162 e. The summed E-state index contributed by atoms with van der Waals surface area (Å²) < 4.78 is 12.9. The van der Waals surface area contributed by atoms with Crippen molar-refractivity contribution in [2.24, 2.45) is 0 Å². The average Bonchev–Trinajstić information content (AvgIpc) is 2.91. The number of aromatic nitrogens is 3. The average molecular weight is 253 g/mol. The summed E-state index contributed by atoms with van der Waals surface area (Å²) >= 11 is 0. The van der Waals surface area contributed by atoms with Crippen molar-refractivity contribution < 1.29 is 9.47 Å². The normalized spacial score (nSPS) is 13.7. The molecule has 3 heterocycles. The first kappa shape index (κ1) is 10.4. The second-order valence-corrected chi connectivity index (χ2v) is 4.30. The number of benzene rings is 1. The number of hydrogen-bond donors (Lipinski definition) is 0. The van der Waals surface area contributed by atoms with E-state index in [0.29, 0.717) is 13.2 Å². The van der Waals surface area contributed by atoms with Gasteiger partial charge in [0, 0.05) is 18.0 Å². The van der Waals surface area contributed by atoms with Gasteiger partial charge in [0.15, 0.2) is 17.1 Å². The molecule has 0 N–H and O–H groups in total. The maximum absolute atomic E-state index is 5.60. The van der Waals surface area contributed by atoms with E-state index in [9.17, 15) is 0 Å². The second-order valence-electron chi connectivity index (χ2n) is 4.30. The monoisotopic (exact) mass is 253 g/mol. The zero-order valence-corrected chi connectivity index (χ0v) is 10.1. The molecule has 0 unspecified atom stereocenters. The lowest BCUT2D eigenvalue weighted by Gasteiger charge is -2.18. The Bertz CT molecular complexity index is 751. The van der Waals surface area contributed by atoms with Gasteiger partial charge in [0.1, 0.15) is 13.2 Å². The first-order valence-electron chi connectivity index (χ1n) is 6.10. The predicted octanol–water partition coefficient (Wildman–Crippen LogP) is 2.17. The fourth-order valence-corrected chi connectivity index (χ4v) is 2.24. The zero-order valence-electron chi connectivity index (χ0n) is 10.1. The molecule has 3 aromatic rings. The summed E-state index contributed by atoms with van der Waals surface area (Å²) in [5.41, 5.74) is 2.84. The first-order chi connectivity index (χ1) is 9.42. The molecule has 1 aliphatic heterocycles. The Labute approximate surface area is 109 Å². The highest BCUT2D eigenvalue weighted by molar-refractivity contribution is 5.78. The highest BCUT2D eigenvalue weighted by Crippen LogP contribution is 2.35. The summed E-state index contributed by atoms with van der Waals surface area (Å²) in [6.07, 6.45) is 5.45. The van der Waals surface area contributed by atoms with Crippen LogP contribution in [0.4, 0.5) is 0 Å². The lowest BCUT2D eigenvalue weighted by Crippen LogP contribution is -2.15. The van der Waals surface area contributed by atoms with Gasteiger partial charge >= 0.3 is 0 Å². The summed E-state index contributed by atoms with van der Waals surface area (Å²) in [5.74, 6) is 1.57. The van der Waals surface area contributed by atoms with Gasteiger partial charge < -0.3 is 9.47 Å². The number of fused-ring (bicyclic) bond motifs is 2. The molecule has 0 amide bonds. The molecule has 0 bridgehead atoms. The minimum Gasteiger partial charge on any atom is -0.486 e. The van der Waals surface area contributed by atoms with Crippen LogP contribution in [0, 0.1) is 0 Å². The highest BCUT2D eigenvalue weighted by atomic mass is 16.6. The fourth-order valence-electron chi connectivity index (χ4n) is 2.24. The molecule has 1 aromatic carbocycles. The minimum atomic E-state index is 0.587. The molecule has 4 rings (SSSR count). The predicted molar refractivity (Wildman–Crippen MR) is 69.4 cm³/mol. The fraction of sp³-hybridized carbons (Fsp3) is 0.143. The molecule has 0 radical (unpaired) electrons. The van der Waals surface area contributed by atoms with Crippen LogP contribution >= 0.6 is 0 Å². The number of rotatable bonds is 1. The molecular formula is C14H11N3O2. The molecule has 0 fully saturated rings. The maximum atomic E-state index is 5.60. The van der Waals surface area contributed by atoms with Crippen molar-refractivity contribution >= 4 is 5.65 Å². The van der Waals surface area contributed by atoms with Crippen LogP contribution in [-0.4, -0.2) is 27.8 Å². The standard InChI is InChI=1S/C14H11N3O2/c1-4-15-14-11(9-16-17(14)5-1)10-2-3-12-13(8-10)19-7-6-18-12/h1-5,8-9H,6-7H2. The van der Waals surface area contributed by atoms with Crippen LogP contribution in [0.15, 0.2) is 42.9 Å². The third-order valence-electron chi connectivity index (χ3n) is 3.13. The van der Waals surface area contributed by atoms with Crippen molar-refractivity contribution in [1.29, 1.82) is 0 Å². The van der Waals surface area contributed by atoms with Crippen LogP contribution in [0.25, 0.3) is 16.8 Å². The Hall–Kier alpha value is -2.56. The van der Waals surface area contributed by atoms with Crippen molar-refractivity contribution in [3.63, 3.8) is 0 Å². The van der Waals surface area contributed by atoms with Gasteiger partial charge in [0.25, 0.3) is 0 Å². The van der Waals surface area contributed by atoms with Crippen molar-refractivity contribution in [1.82, 2.24) is 14.6 Å². The summed E-state index contributed by atoms with van der Waals surface area (Å²) in [4.78, 5) is 4.36. The molecule has 5 nitrogen and oxygen atoms in total. The van der Waals surface area contributed by atoms with Crippen molar-refractivity contribution in [2.45, 2.75) is 0 Å². The van der Waals surface area contributed by atoms with Gasteiger partial charge in [0.2, 0.25) is 0 Å². The quantitative estimate of drug-likeness (QED) is 0.667. The molecule has 0 aliphatic carbocycles. The number of ether oxygens (including phenoxy) is 2.